The standard InChI is InChI=1S/C27H30N4O2S/c1-17-10-21(13-28)11-18(2)24(17)14-29-27(32)33-25-12-19(3)31(20(25)4)15-23-16-34-26(30-23)22-8-6-5-7-9-22/h5-12,16H,13-15,28H2,1-4H3,(H,29,32). The first-order valence-corrected chi connectivity index (χ1v) is 12.1. The number of ether oxygens (including phenoxy) is 1. The summed E-state index contributed by atoms with van der Waals surface area (Å²) in [5, 5.41) is 5.96. The Labute approximate surface area is 204 Å². The van der Waals surface area contributed by atoms with Gasteiger partial charge in [-0.05, 0) is 49.9 Å². The molecule has 4 rings (SSSR count). The number of carbonyl (C=O) groups excluding carboxylic acids is 1. The fourth-order valence-corrected chi connectivity index (χ4v) is 4.96. The van der Waals surface area contributed by atoms with Gasteiger partial charge in [-0.1, -0.05) is 42.5 Å². The second kappa shape index (κ2) is 10.2. The second-order valence-corrected chi connectivity index (χ2v) is 9.35. The highest BCUT2D eigenvalue weighted by Gasteiger charge is 2.16. The largest absolute Gasteiger partial charge is 0.412 e. The number of nitrogens with two attached hydrogens (primary N) is 1. The van der Waals surface area contributed by atoms with E-state index in [1.807, 2.05) is 52.0 Å². The number of benzene rings is 2. The summed E-state index contributed by atoms with van der Waals surface area (Å²) >= 11 is 1.63. The normalized spacial score (nSPS) is 11.0. The van der Waals surface area contributed by atoms with Crippen LogP contribution in [0.25, 0.3) is 10.6 Å². The highest BCUT2D eigenvalue weighted by Crippen LogP contribution is 2.27. The molecule has 176 valence electrons. The molecule has 4 aromatic rings. The molecule has 1 amide bonds. The van der Waals surface area contributed by atoms with Crippen LogP contribution in [0.2, 0.25) is 0 Å². The molecular formula is C27H30N4O2S. The maximum absolute atomic E-state index is 12.5. The summed E-state index contributed by atoms with van der Waals surface area (Å²) < 4.78 is 7.77. The lowest BCUT2D eigenvalue weighted by Crippen LogP contribution is -2.27. The second-order valence-electron chi connectivity index (χ2n) is 8.49. The number of hydrogen-bond donors (Lipinski definition) is 2. The third-order valence-corrected chi connectivity index (χ3v) is 6.96. The van der Waals surface area contributed by atoms with Crippen LogP contribution in [0.5, 0.6) is 5.75 Å². The highest BCUT2D eigenvalue weighted by atomic mass is 32.1. The topological polar surface area (TPSA) is 82.2 Å². The highest BCUT2D eigenvalue weighted by molar-refractivity contribution is 7.13. The zero-order valence-electron chi connectivity index (χ0n) is 20.0. The van der Waals surface area contributed by atoms with Crippen LogP contribution < -0.4 is 15.8 Å². The Balaban J connectivity index is 1.42. The van der Waals surface area contributed by atoms with Gasteiger partial charge < -0.3 is 20.4 Å². The van der Waals surface area contributed by atoms with Crippen LogP contribution >= 0.6 is 11.3 Å². The van der Waals surface area contributed by atoms with Crippen LogP contribution in [0.3, 0.4) is 0 Å². The summed E-state index contributed by atoms with van der Waals surface area (Å²) in [6.45, 7) is 9.56. The van der Waals surface area contributed by atoms with Crippen LogP contribution in [0.4, 0.5) is 4.79 Å². The molecule has 0 saturated heterocycles. The van der Waals surface area contributed by atoms with Crippen LogP contribution in [0, 0.1) is 27.7 Å². The van der Waals surface area contributed by atoms with Crippen LogP contribution in [0.1, 0.15) is 39.3 Å². The molecule has 0 saturated carbocycles. The maximum Gasteiger partial charge on any atom is 0.412 e. The number of nitrogens with one attached hydrogen (secondary N) is 1. The Morgan fingerprint density at radius 2 is 1.79 bits per heavy atom. The van der Waals surface area contributed by atoms with Gasteiger partial charge in [0.2, 0.25) is 0 Å². The number of carbonyl (C=O) groups is 1. The SMILES string of the molecule is Cc1cc(CN)cc(C)c1CNC(=O)Oc1cc(C)n(Cc2csc(-c3ccccc3)n2)c1C. The van der Waals surface area contributed by atoms with Crippen LogP contribution in [-0.2, 0) is 19.6 Å². The fourth-order valence-electron chi connectivity index (χ4n) is 4.15. The number of hydrogen-bond acceptors (Lipinski definition) is 5. The fraction of sp³-hybridized carbons (Fsp3) is 0.259. The zero-order chi connectivity index (χ0) is 24.2. The van der Waals surface area contributed by atoms with E-state index in [1.165, 1.54) is 0 Å². The van der Waals surface area contributed by atoms with Crippen molar-refractivity contribution in [3.8, 4) is 16.3 Å². The number of nitrogens with zero attached hydrogens (tertiary/aromatic N) is 2. The molecule has 0 spiro atoms. The smallest absolute Gasteiger partial charge is 0.408 e. The van der Waals surface area contributed by atoms with Crippen molar-refractivity contribution in [2.45, 2.75) is 47.3 Å². The molecular weight excluding hydrogens is 444 g/mol. The van der Waals surface area contributed by atoms with Gasteiger partial charge in [-0.25, -0.2) is 9.78 Å². The first-order valence-electron chi connectivity index (χ1n) is 11.3. The summed E-state index contributed by atoms with van der Waals surface area (Å²) in [4.78, 5) is 17.3. The van der Waals surface area contributed by atoms with Gasteiger partial charge in [0, 0.05) is 35.8 Å². The predicted molar refractivity (Wildman–Crippen MR) is 137 cm³/mol. The lowest BCUT2D eigenvalue weighted by molar-refractivity contribution is 0.199. The summed E-state index contributed by atoms with van der Waals surface area (Å²) in [6.07, 6.45) is -0.470. The molecule has 0 aliphatic rings. The molecule has 0 unspecified atom stereocenters. The molecule has 0 bridgehead atoms. The van der Waals surface area contributed by atoms with E-state index in [1.54, 1.807) is 11.3 Å². The molecule has 0 radical (unpaired) electrons. The lowest BCUT2D eigenvalue weighted by Gasteiger charge is -2.13. The van der Waals surface area contributed by atoms with E-state index in [4.69, 9.17) is 15.5 Å². The maximum atomic E-state index is 12.5. The van der Waals surface area contributed by atoms with Gasteiger partial charge in [0.15, 0.2) is 5.75 Å². The van der Waals surface area contributed by atoms with E-state index in [0.717, 1.165) is 49.9 Å². The summed E-state index contributed by atoms with van der Waals surface area (Å²) in [5.41, 5.74) is 14.1. The molecule has 2 aromatic carbocycles. The van der Waals surface area contributed by atoms with Crippen molar-refractivity contribution in [2.24, 2.45) is 5.73 Å². The van der Waals surface area contributed by atoms with E-state index in [9.17, 15) is 4.79 Å². The van der Waals surface area contributed by atoms with Crippen molar-refractivity contribution >= 4 is 17.4 Å². The van der Waals surface area contributed by atoms with Crippen molar-refractivity contribution < 1.29 is 9.53 Å². The number of thiazole rings is 1. The molecule has 7 heteroatoms. The molecule has 0 atom stereocenters. The van der Waals surface area contributed by atoms with Crippen molar-refractivity contribution in [3.05, 3.63) is 93.2 Å². The molecule has 34 heavy (non-hydrogen) atoms. The van der Waals surface area contributed by atoms with Gasteiger partial charge in [0.25, 0.3) is 0 Å². The minimum absolute atomic E-state index is 0.404. The van der Waals surface area contributed by atoms with Gasteiger partial charge in [-0.15, -0.1) is 11.3 Å². The van der Waals surface area contributed by atoms with Gasteiger partial charge in [0.1, 0.15) is 5.01 Å². The van der Waals surface area contributed by atoms with E-state index < -0.39 is 6.09 Å². The number of rotatable bonds is 7. The van der Waals surface area contributed by atoms with Crippen molar-refractivity contribution in [1.82, 2.24) is 14.9 Å². The third kappa shape index (κ3) is 5.21. The Morgan fingerprint density at radius 3 is 2.47 bits per heavy atom. The number of aryl methyl sites for hydroxylation is 3. The predicted octanol–water partition coefficient (Wildman–Crippen LogP) is 5.64. The molecule has 6 nitrogen and oxygen atoms in total. The van der Waals surface area contributed by atoms with Gasteiger partial charge in [-0.2, -0.15) is 0 Å². The van der Waals surface area contributed by atoms with E-state index >= 15 is 0 Å². The summed E-state index contributed by atoms with van der Waals surface area (Å²) in [5.74, 6) is 0.556. The quantitative estimate of drug-likeness (QED) is 0.363. The monoisotopic (exact) mass is 474 g/mol. The molecule has 2 heterocycles. The molecule has 0 fully saturated rings. The molecule has 2 aromatic heterocycles. The average Bonchev–Trinajstić information content (AvgIpc) is 3.39. The van der Waals surface area contributed by atoms with Crippen molar-refractivity contribution in [1.29, 1.82) is 0 Å². The summed E-state index contributed by atoms with van der Waals surface area (Å²) in [6, 6.07) is 16.2. The van der Waals surface area contributed by atoms with Crippen LogP contribution in [-0.4, -0.2) is 15.6 Å². The lowest BCUT2D eigenvalue weighted by atomic mass is 9.99. The van der Waals surface area contributed by atoms with E-state index in [2.05, 4.69) is 39.5 Å². The average molecular weight is 475 g/mol. The Kier molecular flexibility index (Phi) is 7.14. The van der Waals surface area contributed by atoms with Gasteiger partial charge in [-0.3, -0.25) is 0 Å². The van der Waals surface area contributed by atoms with Crippen LogP contribution in [0.15, 0.2) is 53.9 Å². The Bertz CT molecular complexity index is 1280. The van der Waals surface area contributed by atoms with E-state index in [-0.39, 0.29) is 0 Å². The minimum atomic E-state index is -0.470. The third-order valence-electron chi connectivity index (χ3n) is 6.02. The molecule has 0 aliphatic carbocycles. The van der Waals surface area contributed by atoms with E-state index in [0.29, 0.717) is 25.4 Å². The van der Waals surface area contributed by atoms with Crippen molar-refractivity contribution in [3.63, 3.8) is 0 Å². The first-order chi connectivity index (χ1) is 16.4. The number of aromatic nitrogens is 2. The molecule has 0 aliphatic heterocycles. The first kappa shape index (κ1) is 23.7. The Morgan fingerprint density at radius 1 is 1.09 bits per heavy atom. The molecule has 3 N–H and O–H groups in total. The van der Waals surface area contributed by atoms with Gasteiger partial charge >= 0.3 is 6.09 Å². The minimum Gasteiger partial charge on any atom is -0.408 e. The summed E-state index contributed by atoms with van der Waals surface area (Å²) in [7, 11) is 0. The van der Waals surface area contributed by atoms with Gasteiger partial charge in [0.05, 0.1) is 17.9 Å². The van der Waals surface area contributed by atoms with Crippen molar-refractivity contribution in [2.75, 3.05) is 0 Å². The Hall–Kier alpha value is -3.42. The number of amides is 1. The zero-order valence-corrected chi connectivity index (χ0v) is 20.8.